The van der Waals surface area contributed by atoms with Crippen molar-refractivity contribution in [2.75, 3.05) is 19.0 Å². The second-order valence-corrected chi connectivity index (χ2v) is 6.13. The highest BCUT2D eigenvalue weighted by atomic mass is 16.5. The minimum absolute atomic E-state index is 0.000212. The van der Waals surface area contributed by atoms with Crippen LogP contribution in [-0.2, 0) is 9.53 Å². The van der Waals surface area contributed by atoms with Gasteiger partial charge in [-0.3, -0.25) is 4.79 Å². The Morgan fingerprint density at radius 2 is 1.87 bits per heavy atom. The maximum absolute atomic E-state index is 12.1. The van der Waals surface area contributed by atoms with E-state index < -0.39 is 0 Å². The third-order valence-corrected chi connectivity index (χ3v) is 4.32. The summed E-state index contributed by atoms with van der Waals surface area (Å²) in [6.45, 7) is 2.15. The molecule has 0 atom stereocenters. The van der Waals surface area contributed by atoms with Crippen molar-refractivity contribution >= 4 is 17.6 Å². The topological polar surface area (TPSA) is 67.4 Å². The van der Waals surface area contributed by atoms with Crippen LogP contribution in [0.4, 0.5) is 5.69 Å². The Morgan fingerprint density at radius 3 is 2.52 bits per heavy atom. The van der Waals surface area contributed by atoms with Gasteiger partial charge in [0.05, 0.1) is 19.2 Å². The standard InChI is InChI=1S/C18H26N2O3/c1-13-9-10-14(18(22)23-2)11-16(13)19-12-17(21)20-15-7-5-3-4-6-8-15/h9-11,15,19H,3-8,12H2,1-2H3,(H,20,21). The van der Waals surface area contributed by atoms with Gasteiger partial charge in [0, 0.05) is 11.7 Å². The number of nitrogens with one attached hydrogen (secondary N) is 2. The first-order valence-electron chi connectivity index (χ1n) is 8.32. The van der Waals surface area contributed by atoms with Crippen molar-refractivity contribution in [1.82, 2.24) is 5.32 Å². The van der Waals surface area contributed by atoms with Crippen LogP contribution in [0.15, 0.2) is 18.2 Å². The first-order chi connectivity index (χ1) is 11.1. The number of hydrogen-bond donors (Lipinski definition) is 2. The largest absolute Gasteiger partial charge is 0.465 e. The summed E-state index contributed by atoms with van der Waals surface area (Å²) >= 11 is 0. The smallest absolute Gasteiger partial charge is 0.337 e. The monoisotopic (exact) mass is 318 g/mol. The molecule has 126 valence electrons. The fourth-order valence-electron chi connectivity index (χ4n) is 2.94. The summed E-state index contributed by atoms with van der Waals surface area (Å²) in [5, 5.41) is 6.22. The van der Waals surface area contributed by atoms with E-state index in [2.05, 4.69) is 10.6 Å². The molecule has 1 aromatic rings. The molecule has 0 unspecified atom stereocenters. The molecule has 0 aliphatic heterocycles. The number of carbonyl (C=O) groups excluding carboxylic acids is 2. The normalized spacial score (nSPS) is 15.6. The van der Waals surface area contributed by atoms with E-state index in [1.165, 1.54) is 32.8 Å². The molecule has 0 heterocycles. The number of amides is 1. The summed E-state index contributed by atoms with van der Waals surface area (Å²) in [6, 6.07) is 5.59. The second-order valence-electron chi connectivity index (χ2n) is 6.13. The number of benzene rings is 1. The average Bonchev–Trinajstić information content (AvgIpc) is 2.82. The first-order valence-corrected chi connectivity index (χ1v) is 8.32. The van der Waals surface area contributed by atoms with Gasteiger partial charge in [-0.1, -0.05) is 31.7 Å². The molecule has 1 fully saturated rings. The molecule has 5 heteroatoms. The van der Waals surface area contributed by atoms with Crippen molar-refractivity contribution in [3.63, 3.8) is 0 Å². The Morgan fingerprint density at radius 1 is 1.17 bits per heavy atom. The van der Waals surface area contributed by atoms with Crippen molar-refractivity contribution in [1.29, 1.82) is 0 Å². The molecule has 0 radical (unpaired) electrons. The lowest BCUT2D eigenvalue weighted by Crippen LogP contribution is -2.38. The summed E-state index contributed by atoms with van der Waals surface area (Å²) in [5.41, 5.74) is 2.24. The van der Waals surface area contributed by atoms with Crippen molar-refractivity contribution in [2.24, 2.45) is 0 Å². The second kappa shape index (κ2) is 8.56. The predicted octanol–water partition coefficient (Wildman–Crippen LogP) is 3.03. The summed E-state index contributed by atoms with van der Waals surface area (Å²) in [4.78, 5) is 23.7. The van der Waals surface area contributed by atoms with Crippen LogP contribution in [0.2, 0.25) is 0 Å². The van der Waals surface area contributed by atoms with Crippen LogP contribution < -0.4 is 10.6 Å². The van der Waals surface area contributed by atoms with Crippen LogP contribution in [-0.4, -0.2) is 31.6 Å². The number of rotatable bonds is 5. The number of ether oxygens (including phenoxy) is 1. The van der Waals surface area contributed by atoms with Crippen LogP contribution >= 0.6 is 0 Å². The van der Waals surface area contributed by atoms with Gasteiger partial charge < -0.3 is 15.4 Å². The Balaban J connectivity index is 1.89. The highest BCUT2D eigenvalue weighted by molar-refractivity contribution is 5.91. The third-order valence-electron chi connectivity index (χ3n) is 4.32. The molecular formula is C18H26N2O3. The maximum Gasteiger partial charge on any atom is 0.337 e. The highest BCUT2D eigenvalue weighted by Crippen LogP contribution is 2.18. The Labute approximate surface area is 137 Å². The van der Waals surface area contributed by atoms with E-state index in [-0.39, 0.29) is 18.4 Å². The Hall–Kier alpha value is -2.04. The summed E-state index contributed by atoms with van der Waals surface area (Å²) < 4.78 is 4.72. The van der Waals surface area contributed by atoms with Crippen LogP contribution in [0.1, 0.15) is 54.4 Å². The van der Waals surface area contributed by atoms with Gasteiger partial charge in [-0.25, -0.2) is 4.79 Å². The van der Waals surface area contributed by atoms with Crippen molar-refractivity contribution in [3.8, 4) is 0 Å². The molecule has 1 amide bonds. The molecule has 2 rings (SSSR count). The van der Waals surface area contributed by atoms with E-state index in [1.54, 1.807) is 12.1 Å². The zero-order chi connectivity index (χ0) is 16.7. The van der Waals surface area contributed by atoms with E-state index in [0.717, 1.165) is 24.1 Å². The Kier molecular flexibility index (Phi) is 6.44. The minimum Gasteiger partial charge on any atom is -0.465 e. The summed E-state index contributed by atoms with van der Waals surface area (Å²) in [6.07, 6.45) is 7.07. The molecule has 23 heavy (non-hydrogen) atoms. The van der Waals surface area contributed by atoms with Gasteiger partial charge in [-0.2, -0.15) is 0 Å². The third kappa shape index (κ3) is 5.27. The van der Waals surface area contributed by atoms with Crippen LogP contribution in [0, 0.1) is 6.92 Å². The molecule has 2 N–H and O–H groups in total. The first kappa shape index (κ1) is 17.3. The van der Waals surface area contributed by atoms with Crippen LogP contribution in [0.5, 0.6) is 0 Å². The zero-order valence-electron chi connectivity index (χ0n) is 14.0. The van der Waals surface area contributed by atoms with Gasteiger partial charge in [0.2, 0.25) is 5.91 Å². The Bertz CT molecular complexity index is 549. The lowest BCUT2D eigenvalue weighted by atomic mass is 10.1. The number of carbonyl (C=O) groups is 2. The van der Waals surface area contributed by atoms with Gasteiger partial charge in [0.25, 0.3) is 0 Å². The predicted molar refractivity (Wildman–Crippen MR) is 90.6 cm³/mol. The van der Waals surface area contributed by atoms with E-state index in [0.29, 0.717) is 11.6 Å². The quantitative estimate of drug-likeness (QED) is 0.647. The van der Waals surface area contributed by atoms with Crippen LogP contribution in [0.3, 0.4) is 0 Å². The van der Waals surface area contributed by atoms with Crippen molar-refractivity contribution < 1.29 is 14.3 Å². The van der Waals surface area contributed by atoms with E-state index >= 15 is 0 Å². The molecule has 1 aliphatic rings. The van der Waals surface area contributed by atoms with Crippen LogP contribution in [0.25, 0.3) is 0 Å². The molecule has 1 aliphatic carbocycles. The lowest BCUT2D eigenvalue weighted by Gasteiger charge is -2.17. The number of hydrogen-bond acceptors (Lipinski definition) is 4. The molecule has 0 aromatic heterocycles. The van der Waals surface area contributed by atoms with E-state index in [4.69, 9.17) is 4.74 Å². The highest BCUT2D eigenvalue weighted by Gasteiger charge is 2.15. The van der Waals surface area contributed by atoms with Gasteiger partial charge in [-0.05, 0) is 37.5 Å². The van der Waals surface area contributed by atoms with Gasteiger partial charge in [0.1, 0.15) is 0 Å². The van der Waals surface area contributed by atoms with Crippen molar-refractivity contribution in [2.45, 2.75) is 51.5 Å². The van der Waals surface area contributed by atoms with Crippen molar-refractivity contribution in [3.05, 3.63) is 29.3 Å². The molecule has 0 saturated heterocycles. The fraction of sp³-hybridized carbons (Fsp3) is 0.556. The molecule has 1 aromatic carbocycles. The molecule has 1 saturated carbocycles. The number of methoxy groups -OCH3 is 1. The lowest BCUT2D eigenvalue weighted by molar-refractivity contribution is -0.120. The van der Waals surface area contributed by atoms with Gasteiger partial charge >= 0.3 is 5.97 Å². The maximum atomic E-state index is 12.1. The number of esters is 1. The van der Waals surface area contributed by atoms with E-state index in [9.17, 15) is 9.59 Å². The van der Waals surface area contributed by atoms with E-state index in [1.807, 2.05) is 13.0 Å². The average molecular weight is 318 g/mol. The number of anilines is 1. The minimum atomic E-state index is -0.379. The summed E-state index contributed by atoms with van der Waals surface area (Å²) in [5.74, 6) is -0.379. The summed E-state index contributed by atoms with van der Waals surface area (Å²) in [7, 11) is 1.36. The molecule has 0 bridgehead atoms. The molecule has 5 nitrogen and oxygen atoms in total. The van der Waals surface area contributed by atoms with Gasteiger partial charge in [0.15, 0.2) is 0 Å². The zero-order valence-corrected chi connectivity index (χ0v) is 14.0. The molecular weight excluding hydrogens is 292 g/mol. The molecule has 0 spiro atoms. The SMILES string of the molecule is COC(=O)c1ccc(C)c(NCC(=O)NC2CCCCCC2)c1. The van der Waals surface area contributed by atoms with Gasteiger partial charge in [-0.15, -0.1) is 0 Å². The number of aryl methyl sites for hydroxylation is 1. The fourth-order valence-corrected chi connectivity index (χ4v) is 2.94.